The van der Waals surface area contributed by atoms with Gasteiger partial charge in [-0.1, -0.05) is 30.3 Å². The molecule has 0 N–H and O–H groups in total. The number of hydrogen-bond acceptors (Lipinski definition) is 5. The minimum absolute atomic E-state index is 0.00327. The maximum atomic E-state index is 13.6. The van der Waals surface area contributed by atoms with E-state index in [-0.39, 0.29) is 36.1 Å². The Hall–Kier alpha value is -3.52. The second kappa shape index (κ2) is 8.78. The van der Waals surface area contributed by atoms with Crippen molar-refractivity contribution in [1.82, 2.24) is 9.80 Å². The first-order valence-corrected chi connectivity index (χ1v) is 11.9. The molecule has 1 unspecified atom stereocenters. The maximum absolute atomic E-state index is 13.6. The molecule has 2 amide bonds. The number of amides is 2. The van der Waals surface area contributed by atoms with Crippen molar-refractivity contribution in [3.05, 3.63) is 97.7 Å². The number of fused-ring (bicyclic) bond motifs is 1. The van der Waals surface area contributed by atoms with E-state index in [9.17, 15) is 19.7 Å². The Morgan fingerprint density at radius 3 is 2.45 bits per heavy atom. The number of carbonyl (C=O) groups is 2. The highest BCUT2D eigenvalue weighted by Gasteiger charge is 2.38. The first-order valence-electron chi connectivity index (χ1n) is 11.0. The van der Waals surface area contributed by atoms with Gasteiger partial charge in [-0.15, -0.1) is 11.3 Å². The van der Waals surface area contributed by atoms with E-state index in [1.807, 2.05) is 35.2 Å². The molecule has 0 spiro atoms. The smallest absolute Gasteiger partial charge is 0.269 e. The molecule has 168 valence electrons. The molecule has 2 heterocycles. The zero-order chi connectivity index (χ0) is 22.9. The monoisotopic (exact) mass is 461 g/mol. The quantitative estimate of drug-likeness (QED) is 0.401. The summed E-state index contributed by atoms with van der Waals surface area (Å²) >= 11 is 1.72. The van der Waals surface area contributed by atoms with Gasteiger partial charge in [0, 0.05) is 35.2 Å². The van der Waals surface area contributed by atoms with Crippen LogP contribution in [0.5, 0.6) is 0 Å². The molecule has 0 saturated heterocycles. The van der Waals surface area contributed by atoms with Gasteiger partial charge in [-0.05, 0) is 54.0 Å². The van der Waals surface area contributed by atoms with Crippen LogP contribution in [0.4, 0.5) is 5.69 Å². The van der Waals surface area contributed by atoms with Crippen molar-refractivity contribution >= 4 is 28.8 Å². The Balaban J connectivity index is 1.39. The third-order valence-corrected chi connectivity index (χ3v) is 7.28. The molecule has 2 aromatic carbocycles. The number of hydrogen-bond donors (Lipinski definition) is 0. The van der Waals surface area contributed by atoms with Crippen LogP contribution in [0, 0.1) is 10.1 Å². The summed E-state index contributed by atoms with van der Waals surface area (Å²) in [6, 6.07) is 17.6. The lowest BCUT2D eigenvalue weighted by atomic mass is 9.93. The van der Waals surface area contributed by atoms with Crippen LogP contribution in [0.15, 0.2) is 66.0 Å². The van der Waals surface area contributed by atoms with Crippen molar-refractivity contribution in [2.45, 2.75) is 31.3 Å². The molecule has 1 aromatic heterocycles. The summed E-state index contributed by atoms with van der Waals surface area (Å²) in [7, 11) is 0. The van der Waals surface area contributed by atoms with Gasteiger partial charge < -0.3 is 9.80 Å². The molecule has 1 fully saturated rings. The predicted molar refractivity (Wildman–Crippen MR) is 125 cm³/mol. The van der Waals surface area contributed by atoms with Crippen molar-refractivity contribution < 1.29 is 14.5 Å². The van der Waals surface area contributed by atoms with Crippen molar-refractivity contribution in [3.63, 3.8) is 0 Å². The van der Waals surface area contributed by atoms with Crippen molar-refractivity contribution in [1.29, 1.82) is 0 Å². The van der Waals surface area contributed by atoms with E-state index in [0.29, 0.717) is 12.1 Å². The molecule has 3 aromatic rings. The molecule has 5 rings (SSSR count). The minimum atomic E-state index is -0.491. The van der Waals surface area contributed by atoms with Crippen LogP contribution in [0.25, 0.3) is 0 Å². The summed E-state index contributed by atoms with van der Waals surface area (Å²) < 4.78 is 0. The molecule has 2 aliphatic rings. The fourth-order valence-corrected chi connectivity index (χ4v) is 5.36. The summed E-state index contributed by atoms with van der Waals surface area (Å²) in [5.74, 6) is -0.340. The van der Waals surface area contributed by atoms with Crippen LogP contribution >= 0.6 is 11.3 Å². The lowest BCUT2D eigenvalue weighted by Crippen LogP contribution is -2.47. The number of nitro groups is 1. The van der Waals surface area contributed by atoms with Gasteiger partial charge >= 0.3 is 0 Å². The van der Waals surface area contributed by atoms with Gasteiger partial charge in [-0.25, -0.2) is 0 Å². The Kier molecular flexibility index (Phi) is 5.68. The second-order valence-corrected chi connectivity index (χ2v) is 9.42. The molecule has 1 saturated carbocycles. The normalized spacial score (nSPS) is 17.3. The van der Waals surface area contributed by atoms with Crippen molar-refractivity contribution in [2.75, 3.05) is 13.1 Å². The molecule has 33 heavy (non-hydrogen) atoms. The highest BCUT2D eigenvalue weighted by molar-refractivity contribution is 7.10. The van der Waals surface area contributed by atoms with E-state index in [1.165, 1.54) is 29.1 Å². The van der Waals surface area contributed by atoms with Gasteiger partial charge in [-0.2, -0.15) is 0 Å². The van der Waals surface area contributed by atoms with Gasteiger partial charge in [0.1, 0.15) is 6.54 Å². The summed E-state index contributed by atoms with van der Waals surface area (Å²) in [5, 5.41) is 13.0. The Bertz CT molecular complexity index is 1190. The van der Waals surface area contributed by atoms with E-state index in [2.05, 4.69) is 11.4 Å². The van der Waals surface area contributed by atoms with E-state index in [0.717, 1.165) is 30.4 Å². The average Bonchev–Trinajstić information content (AvgIpc) is 3.57. The summed E-state index contributed by atoms with van der Waals surface area (Å²) in [5.41, 5.74) is 2.51. The van der Waals surface area contributed by atoms with Crippen LogP contribution in [0.1, 0.15) is 45.2 Å². The third-order valence-electron chi connectivity index (χ3n) is 6.28. The van der Waals surface area contributed by atoms with E-state index < -0.39 is 4.92 Å². The SMILES string of the molecule is O=C(c1ccc([N+](=O)[O-])cc1)N(CC(=O)N1CCc2sccc2C1c1ccccc1)C1CC1. The van der Waals surface area contributed by atoms with Gasteiger partial charge in [0.25, 0.3) is 11.6 Å². The van der Waals surface area contributed by atoms with E-state index >= 15 is 0 Å². The fourth-order valence-electron chi connectivity index (χ4n) is 4.46. The van der Waals surface area contributed by atoms with E-state index in [4.69, 9.17) is 0 Å². The first-order chi connectivity index (χ1) is 16.0. The summed E-state index contributed by atoms with van der Waals surface area (Å²) in [6.07, 6.45) is 2.54. The van der Waals surface area contributed by atoms with Crippen molar-refractivity contribution in [2.24, 2.45) is 0 Å². The highest BCUT2D eigenvalue weighted by atomic mass is 32.1. The number of benzene rings is 2. The minimum Gasteiger partial charge on any atom is -0.330 e. The first kappa shape index (κ1) is 21.3. The van der Waals surface area contributed by atoms with Crippen LogP contribution in [-0.2, 0) is 11.2 Å². The molecule has 0 radical (unpaired) electrons. The number of rotatable bonds is 6. The largest absolute Gasteiger partial charge is 0.330 e. The zero-order valence-corrected chi connectivity index (χ0v) is 18.7. The van der Waals surface area contributed by atoms with E-state index in [1.54, 1.807) is 16.2 Å². The molecular weight excluding hydrogens is 438 g/mol. The maximum Gasteiger partial charge on any atom is 0.269 e. The second-order valence-electron chi connectivity index (χ2n) is 8.42. The number of nitro benzene ring substituents is 1. The Labute approximate surface area is 195 Å². The fraction of sp³-hybridized carbons (Fsp3) is 0.280. The number of non-ortho nitro benzene ring substituents is 1. The van der Waals surface area contributed by atoms with Gasteiger partial charge in [0.15, 0.2) is 0 Å². The van der Waals surface area contributed by atoms with Crippen LogP contribution < -0.4 is 0 Å². The predicted octanol–water partition coefficient (Wildman–Crippen LogP) is 4.44. The van der Waals surface area contributed by atoms with Crippen LogP contribution in [0.3, 0.4) is 0 Å². The number of thiophene rings is 1. The molecular formula is C25H23N3O4S. The van der Waals surface area contributed by atoms with Gasteiger partial charge in [0.05, 0.1) is 11.0 Å². The van der Waals surface area contributed by atoms with Gasteiger partial charge in [-0.3, -0.25) is 19.7 Å². The lowest BCUT2D eigenvalue weighted by Gasteiger charge is -2.37. The van der Waals surface area contributed by atoms with Crippen LogP contribution in [-0.4, -0.2) is 45.7 Å². The van der Waals surface area contributed by atoms with Gasteiger partial charge in [0.2, 0.25) is 5.91 Å². The molecule has 1 atom stereocenters. The standard InChI is InChI=1S/C25H23N3O4S/c29-23(16-27(19-10-11-19)25(30)18-6-8-20(9-7-18)28(31)32)26-14-12-22-21(13-15-33-22)24(26)17-4-2-1-3-5-17/h1-9,13,15,19,24H,10-12,14,16H2. The Morgan fingerprint density at radius 2 is 1.79 bits per heavy atom. The molecule has 7 nitrogen and oxygen atoms in total. The summed E-state index contributed by atoms with van der Waals surface area (Å²) in [6.45, 7) is 0.611. The highest BCUT2D eigenvalue weighted by Crippen LogP contribution is 2.38. The molecule has 8 heteroatoms. The zero-order valence-electron chi connectivity index (χ0n) is 17.9. The topological polar surface area (TPSA) is 83.8 Å². The lowest BCUT2D eigenvalue weighted by molar-refractivity contribution is -0.384. The molecule has 1 aliphatic heterocycles. The average molecular weight is 462 g/mol. The number of nitrogens with zero attached hydrogens (tertiary/aromatic N) is 3. The Morgan fingerprint density at radius 1 is 1.06 bits per heavy atom. The molecule has 1 aliphatic carbocycles. The molecule has 0 bridgehead atoms. The number of carbonyl (C=O) groups excluding carboxylic acids is 2. The third kappa shape index (κ3) is 4.26. The van der Waals surface area contributed by atoms with Crippen molar-refractivity contribution in [3.8, 4) is 0 Å². The van der Waals surface area contributed by atoms with Crippen LogP contribution in [0.2, 0.25) is 0 Å². The summed E-state index contributed by atoms with van der Waals surface area (Å²) in [4.78, 5) is 42.1.